The smallest absolute Gasteiger partial charge is 0.261 e. The maximum Gasteiger partial charge on any atom is 0.261 e. The molecule has 8 heteroatoms. The van der Waals surface area contributed by atoms with Gasteiger partial charge in [-0.25, -0.2) is 4.98 Å². The van der Waals surface area contributed by atoms with E-state index in [1.807, 2.05) is 54.6 Å². The highest BCUT2D eigenvalue weighted by Crippen LogP contribution is 2.36. The fourth-order valence-electron chi connectivity index (χ4n) is 4.29. The average Bonchev–Trinajstić information content (AvgIpc) is 3.36. The molecule has 6 nitrogen and oxygen atoms in total. The van der Waals surface area contributed by atoms with Gasteiger partial charge in [-0.15, -0.1) is 0 Å². The van der Waals surface area contributed by atoms with Gasteiger partial charge in [0.15, 0.2) is 10.7 Å². The number of aromatic nitrogens is 1. The number of carbonyl (C=O) groups is 1. The molecule has 5 rings (SSSR count). The van der Waals surface area contributed by atoms with Crippen molar-refractivity contribution in [3.05, 3.63) is 88.4 Å². The fraction of sp³-hybridized carbons (Fsp3) is 0.167. The Morgan fingerprint density at radius 3 is 2.61 bits per heavy atom. The number of halogens is 1. The molecule has 0 radical (unpaired) electrons. The summed E-state index contributed by atoms with van der Waals surface area (Å²) < 4.78 is 12.2. The van der Waals surface area contributed by atoms with E-state index < -0.39 is 0 Å². The number of oxazole rings is 1. The third-order valence-corrected chi connectivity index (χ3v) is 7.59. The van der Waals surface area contributed by atoms with Gasteiger partial charge in [-0.2, -0.15) is 0 Å². The van der Waals surface area contributed by atoms with E-state index in [1.54, 1.807) is 6.07 Å². The Balaban J connectivity index is 1.29. The third-order valence-electron chi connectivity index (χ3n) is 6.60. The number of benzene rings is 4. The van der Waals surface area contributed by atoms with E-state index in [9.17, 15) is 4.79 Å². The topological polar surface area (TPSA) is 76.4 Å². The van der Waals surface area contributed by atoms with Crippen LogP contribution in [0.3, 0.4) is 0 Å². The van der Waals surface area contributed by atoms with Crippen molar-refractivity contribution in [2.75, 3.05) is 12.4 Å². The van der Waals surface area contributed by atoms with Crippen molar-refractivity contribution in [2.45, 2.75) is 26.2 Å². The lowest BCUT2D eigenvalue weighted by atomic mass is 9.98. The molecule has 2 N–H and O–H groups in total. The number of nitrogens with one attached hydrogen (secondary N) is 2. The van der Waals surface area contributed by atoms with E-state index in [4.69, 9.17) is 21.4 Å². The molecule has 38 heavy (non-hydrogen) atoms. The molecule has 0 spiro atoms. The SMILES string of the molecule is CCC(C)c1ccc2oc(-c3ccc(NC(=S)NC(=O)c4cc5ccccc5c(Br)c4OC)cc3)nc2c1. The molecule has 0 bridgehead atoms. The average molecular weight is 589 g/mol. The van der Waals surface area contributed by atoms with Crippen LogP contribution in [0, 0.1) is 0 Å². The van der Waals surface area contributed by atoms with Gasteiger partial charge in [0.05, 0.1) is 17.1 Å². The van der Waals surface area contributed by atoms with Crippen molar-refractivity contribution in [3.63, 3.8) is 0 Å². The molecule has 192 valence electrons. The Morgan fingerprint density at radius 1 is 1.11 bits per heavy atom. The number of carbonyl (C=O) groups excluding carboxylic acids is 1. The van der Waals surface area contributed by atoms with Crippen LogP contribution in [0.4, 0.5) is 5.69 Å². The Hall–Kier alpha value is -3.75. The fourth-order valence-corrected chi connectivity index (χ4v) is 5.24. The molecule has 0 aliphatic carbocycles. The number of methoxy groups -OCH3 is 1. The van der Waals surface area contributed by atoms with E-state index in [0.29, 0.717) is 27.6 Å². The zero-order valence-electron chi connectivity index (χ0n) is 21.2. The minimum absolute atomic E-state index is 0.175. The van der Waals surface area contributed by atoms with E-state index in [2.05, 4.69) is 57.5 Å². The second kappa shape index (κ2) is 10.9. The number of hydrogen-bond acceptors (Lipinski definition) is 5. The number of thiocarbonyl (C=S) groups is 1. The molecule has 0 fully saturated rings. The number of anilines is 1. The van der Waals surface area contributed by atoms with Gasteiger partial charge in [-0.3, -0.25) is 10.1 Å². The van der Waals surface area contributed by atoms with Crippen molar-refractivity contribution >= 4 is 66.7 Å². The maximum absolute atomic E-state index is 13.1. The molecule has 1 atom stereocenters. The number of rotatable bonds is 6. The molecular weight excluding hydrogens is 562 g/mol. The third kappa shape index (κ3) is 5.14. The van der Waals surface area contributed by atoms with Crippen molar-refractivity contribution < 1.29 is 13.9 Å². The van der Waals surface area contributed by atoms with Gasteiger partial charge in [0.25, 0.3) is 5.91 Å². The van der Waals surface area contributed by atoms with Crippen LogP contribution in [0.25, 0.3) is 33.3 Å². The highest BCUT2D eigenvalue weighted by molar-refractivity contribution is 9.10. The highest BCUT2D eigenvalue weighted by Gasteiger charge is 2.19. The summed E-state index contributed by atoms with van der Waals surface area (Å²) in [5.74, 6) is 1.10. The van der Waals surface area contributed by atoms with Crippen LogP contribution in [-0.4, -0.2) is 23.1 Å². The Labute approximate surface area is 234 Å². The second-order valence-corrected chi connectivity index (χ2v) is 10.2. The van der Waals surface area contributed by atoms with Gasteiger partial charge < -0.3 is 14.5 Å². The monoisotopic (exact) mass is 587 g/mol. The van der Waals surface area contributed by atoms with E-state index in [0.717, 1.165) is 39.5 Å². The summed E-state index contributed by atoms with van der Waals surface area (Å²) in [4.78, 5) is 17.8. The molecular formula is C30H26BrN3O3S. The van der Waals surface area contributed by atoms with Crippen LogP contribution >= 0.6 is 28.1 Å². The van der Waals surface area contributed by atoms with Gasteiger partial charge in [-0.05, 0) is 99.3 Å². The molecule has 0 saturated carbocycles. The Kier molecular flexibility index (Phi) is 7.44. The molecule has 0 saturated heterocycles. The van der Waals surface area contributed by atoms with E-state index in [-0.39, 0.29) is 11.0 Å². The maximum atomic E-state index is 13.1. The summed E-state index contributed by atoms with van der Waals surface area (Å²) in [6.45, 7) is 4.38. The van der Waals surface area contributed by atoms with E-state index >= 15 is 0 Å². The number of ether oxygens (including phenoxy) is 1. The van der Waals surface area contributed by atoms with Crippen molar-refractivity contribution in [1.82, 2.24) is 10.3 Å². The first-order valence-corrected chi connectivity index (χ1v) is 13.5. The zero-order chi connectivity index (χ0) is 26.8. The first-order valence-electron chi connectivity index (χ1n) is 12.3. The normalized spacial score (nSPS) is 11.9. The Bertz CT molecular complexity index is 1660. The number of amides is 1. The summed E-state index contributed by atoms with van der Waals surface area (Å²) in [7, 11) is 1.53. The van der Waals surface area contributed by atoms with Crippen LogP contribution in [0.1, 0.15) is 42.1 Å². The minimum Gasteiger partial charge on any atom is -0.495 e. The highest BCUT2D eigenvalue weighted by atomic mass is 79.9. The molecule has 0 aliphatic heterocycles. The largest absolute Gasteiger partial charge is 0.495 e. The van der Waals surface area contributed by atoms with Crippen LogP contribution in [0.15, 0.2) is 81.7 Å². The van der Waals surface area contributed by atoms with E-state index in [1.165, 1.54) is 12.7 Å². The van der Waals surface area contributed by atoms with Gasteiger partial charge in [0, 0.05) is 11.3 Å². The van der Waals surface area contributed by atoms with Crippen LogP contribution < -0.4 is 15.4 Å². The number of fused-ring (bicyclic) bond motifs is 2. The van der Waals surface area contributed by atoms with Crippen LogP contribution in [0.2, 0.25) is 0 Å². The van der Waals surface area contributed by atoms with Gasteiger partial charge >= 0.3 is 0 Å². The van der Waals surface area contributed by atoms with Gasteiger partial charge in [0.1, 0.15) is 11.3 Å². The quantitative estimate of drug-likeness (QED) is 0.196. The lowest BCUT2D eigenvalue weighted by Gasteiger charge is -2.14. The lowest BCUT2D eigenvalue weighted by molar-refractivity contribution is 0.0975. The van der Waals surface area contributed by atoms with Crippen LogP contribution in [0.5, 0.6) is 5.75 Å². The minimum atomic E-state index is -0.370. The summed E-state index contributed by atoms with van der Waals surface area (Å²) in [6.07, 6.45) is 1.07. The zero-order valence-corrected chi connectivity index (χ0v) is 23.6. The second-order valence-electron chi connectivity index (χ2n) is 9.03. The first kappa shape index (κ1) is 25.9. The number of hydrogen-bond donors (Lipinski definition) is 2. The standard InChI is InChI=1S/C30H26BrN3O3S/c1-4-17(2)19-11-14-25-24(16-19)33-29(37-25)18-9-12-21(13-10-18)32-30(38)34-28(35)23-15-20-7-5-6-8-22(20)26(31)27(23)36-3/h5-17H,4H2,1-3H3,(H2,32,34,35,38). The molecule has 0 aliphatic rings. The Morgan fingerprint density at radius 2 is 1.87 bits per heavy atom. The summed E-state index contributed by atoms with van der Waals surface area (Å²) in [5, 5.41) is 7.85. The summed E-state index contributed by atoms with van der Waals surface area (Å²) in [5.41, 5.74) is 4.81. The first-order chi connectivity index (χ1) is 18.4. The van der Waals surface area contributed by atoms with Gasteiger partial charge in [0.2, 0.25) is 5.89 Å². The predicted molar refractivity (Wildman–Crippen MR) is 160 cm³/mol. The van der Waals surface area contributed by atoms with Crippen molar-refractivity contribution in [1.29, 1.82) is 0 Å². The summed E-state index contributed by atoms with van der Waals surface area (Å²) in [6, 6.07) is 23.2. The molecule has 1 heterocycles. The van der Waals surface area contributed by atoms with Crippen molar-refractivity contribution in [3.8, 4) is 17.2 Å². The molecule has 1 unspecified atom stereocenters. The lowest BCUT2D eigenvalue weighted by Crippen LogP contribution is -2.34. The summed E-state index contributed by atoms with van der Waals surface area (Å²) >= 11 is 8.97. The van der Waals surface area contributed by atoms with Gasteiger partial charge in [-0.1, -0.05) is 44.2 Å². The van der Waals surface area contributed by atoms with Crippen molar-refractivity contribution in [2.24, 2.45) is 0 Å². The molecule has 4 aromatic carbocycles. The van der Waals surface area contributed by atoms with Crippen LogP contribution in [-0.2, 0) is 0 Å². The molecule has 1 amide bonds. The molecule has 1 aromatic heterocycles. The predicted octanol–water partition coefficient (Wildman–Crippen LogP) is 8.06. The number of nitrogens with zero attached hydrogens (tertiary/aromatic N) is 1. The molecule has 5 aromatic rings.